The van der Waals surface area contributed by atoms with Crippen molar-refractivity contribution in [1.82, 2.24) is 4.57 Å². The number of aromatic nitrogens is 1. The molecule has 0 aliphatic carbocycles. The number of unbranched alkanes of at least 4 members (excludes halogenated alkanes) is 2. The van der Waals surface area contributed by atoms with E-state index in [0.717, 1.165) is 48.0 Å². The second-order valence-electron chi connectivity index (χ2n) is 5.02. The molecular formula is C16H21NO3. The van der Waals surface area contributed by atoms with E-state index in [4.69, 9.17) is 4.74 Å². The summed E-state index contributed by atoms with van der Waals surface area (Å²) in [6.07, 6.45) is 3.22. The highest BCUT2D eigenvalue weighted by Crippen LogP contribution is 2.29. The Bertz CT molecular complexity index is 628. The number of ether oxygens (including phenoxy) is 1. The Balaban J connectivity index is 2.57. The smallest absolute Gasteiger partial charge is 0.352 e. The summed E-state index contributed by atoms with van der Waals surface area (Å²) in [5.41, 5.74) is 2.17. The number of hydrogen-bond acceptors (Lipinski definition) is 2. The molecule has 2 rings (SSSR count). The number of rotatable bonds is 6. The van der Waals surface area contributed by atoms with Crippen LogP contribution in [-0.4, -0.2) is 22.8 Å². The van der Waals surface area contributed by atoms with Gasteiger partial charge in [-0.25, -0.2) is 4.79 Å². The molecule has 1 aromatic heterocycles. The first kappa shape index (κ1) is 14.4. The SMILES string of the molecule is CCCCCn1c(C(=O)O)c(C)c2cc(OC)ccc21. The van der Waals surface area contributed by atoms with Gasteiger partial charge in [0.25, 0.3) is 0 Å². The first-order chi connectivity index (χ1) is 9.60. The van der Waals surface area contributed by atoms with Crippen LogP contribution in [0.2, 0.25) is 0 Å². The van der Waals surface area contributed by atoms with Gasteiger partial charge >= 0.3 is 5.97 Å². The summed E-state index contributed by atoms with van der Waals surface area (Å²) < 4.78 is 7.15. The lowest BCUT2D eigenvalue weighted by atomic mass is 10.1. The summed E-state index contributed by atoms with van der Waals surface area (Å²) in [4.78, 5) is 11.5. The Kier molecular flexibility index (Phi) is 4.32. The van der Waals surface area contributed by atoms with Gasteiger partial charge in [0, 0.05) is 17.4 Å². The second kappa shape index (κ2) is 5.99. The Hall–Kier alpha value is -1.97. The van der Waals surface area contributed by atoms with Gasteiger partial charge in [-0.3, -0.25) is 0 Å². The molecule has 4 heteroatoms. The summed E-state index contributed by atoms with van der Waals surface area (Å²) in [5, 5.41) is 10.4. The highest BCUT2D eigenvalue weighted by molar-refractivity contribution is 5.98. The van der Waals surface area contributed by atoms with Crippen molar-refractivity contribution in [3.8, 4) is 5.75 Å². The van der Waals surface area contributed by atoms with Crippen LogP contribution in [0.1, 0.15) is 42.2 Å². The molecule has 0 saturated heterocycles. The van der Waals surface area contributed by atoms with Crippen LogP contribution in [-0.2, 0) is 6.54 Å². The predicted octanol–water partition coefficient (Wildman–Crippen LogP) is 3.85. The Morgan fingerprint density at radius 2 is 2.10 bits per heavy atom. The fraction of sp³-hybridized carbons (Fsp3) is 0.438. The number of aryl methyl sites for hydroxylation is 2. The molecule has 0 aliphatic heterocycles. The Morgan fingerprint density at radius 3 is 2.70 bits per heavy atom. The third-order valence-electron chi connectivity index (χ3n) is 3.71. The number of carboxylic acid groups (broad SMARTS) is 1. The molecule has 0 bridgehead atoms. The molecule has 0 spiro atoms. The van der Waals surface area contributed by atoms with Crippen LogP contribution in [0, 0.1) is 6.92 Å². The van der Waals surface area contributed by atoms with Crippen molar-refractivity contribution in [2.45, 2.75) is 39.7 Å². The first-order valence-electron chi connectivity index (χ1n) is 7.00. The van der Waals surface area contributed by atoms with Crippen LogP contribution in [0.4, 0.5) is 0 Å². The van der Waals surface area contributed by atoms with E-state index in [1.807, 2.05) is 29.7 Å². The van der Waals surface area contributed by atoms with E-state index in [-0.39, 0.29) is 0 Å². The van der Waals surface area contributed by atoms with Crippen LogP contribution in [0.3, 0.4) is 0 Å². The van der Waals surface area contributed by atoms with E-state index < -0.39 is 5.97 Å². The summed E-state index contributed by atoms with van der Waals surface area (Å²) in [7, 11) is 1.62. The molecular weight excluding hydrogens is 254 g/mol. The van der Waals surface area contributed by atoms with Gasteiger partial charge in [-0.05, 0) is 37.1 Å². The van der Waals surface area contributed by atoms with Crippen LogP contribution in [0.25, 0.3) is 10.9 Å². The van der Waals surface area contributed by atoms with E-state index >= 15 is 0 Å². The standard InChI is InChI=1S/C16H21NO3/c1-4-5-6-9-17-14-8-7-12(20-3)10-13(14)11(2)15(17)16(18)19/h7-8,10H,4-6,9H2,1-3H3,(H,18,19). The maximum absolute atomic E-state index is 11.5. The van der Waals surface area contributed by atoms with Crippen molar-refractivity contribution in [1.29, 1.82) is 0 Å². The van der Waals surface area contributed by atoms with Gasteiger partial charge < -0.3 is 14.4 Å². The first-order valence-corrected chi connectivity index (χ1v) is 7.00. The van der Waals surface area contributed by atoms with Crippen molar-refractivity contribution < 1.29 is 14.6 Å². The summed E-state index contributed by atoms with van der Waals surface area (Å²) in [6, 6.07) is 5.73. The molecule has 0 saturated carbocycles. The summed E-state index contributed by atoms with van der Waals surface area (Å²) in [5.74, 6) is -0.114. The number of methoxy groups -OCH3 is 1. The monoisotopic (exact) mass is 275 g/mol. The second-order valence-corrected chi connectivity index (χ2v) is 5.02. The lowest BCUT2D eigenvalue weighted by molar-refractivity contribution is 0.0684. The van der Waals surface area contributed by atoms with E-state index in [1.165, 1.54) is 0 Å². The van der Waals surface area contributed by atoms with Crippen LogP contribution in [0.15, 0.2) is 18.2 Å². The van der Waals surface area contributed by atoms with E-state index in [1.54, 1.807) is 7.11 Å². The number of aromatic carboxylic acids is 1. The molecule has 1 heterocycles. The van der Waals surface area contributed by atoms with Gasteiger partial charge in [0.15, 0.2) is 0 Å². The predicted molar refractivity (Wildman–Crippen MR) is 79.7 cm³/mol. The van der Waals surface area contributed by atoms with E-state index in [9.17, 15) is 9.90 Å². The van der Waals surface area contributed by atoms with Gasteiger partial charge in [-0.1, -0.05) is 19.8 Å². The molecule has 0 fully saturated rings. The Morgan fingerprint density at radius 1 is 1.35 bits per heavy atom. The van der Waals surface area contributed by atoms with Gasteiger partial charge in [-0.15, -0.1) is 0 Å². The zero-order chi connectivity index (χ0) is 14.7. The normalized spacial score (nSPS) is 10.9. The molecule has 0 amide bonds. The highest BCUT2D eigenvalue weighted by atomic mass is 16.5. The van der Waals surface area contributed by atoms with Crippen molar-refractivity contribution in [3.05, 3.63) is 29.5 Å². The van der Waals surface area contributed by atoms with Crippen molar-refractivity contribution >= 4 is 16.9 Å². The molecule has 1 aromatic carbocycles. The van der Waals surface area contributed by atoms with Crippen LogP contribution < -0.4 is 4.74 Å². The zero-order valence-corrected chi connectivity index (χ0v) is 12.3. The fourth-order valence-corrected chi connectivity index (χ4v) is 2.66. The molecule has 108 valence electrons. The van der Waals surface area contributed by atoms with Gasteiger partial charge in [0.2, 0.25) is 0 Å². The van der Waals surface area contributed by atoms with Crippen LogP contribution in [0.5, 0.6) is 5.75 Å². The van der Waals surface area contributed by atoms with Crippen LogP contribution >= 0.6 is 0 Å². The Labute approximate surface area is 119 Å². The van der Waals surface area contributed by atoms with Crippen molar-refractivity contribution in [2.75, 3.05) is 7.11 Å². The molecule has 20 heavy (non-hydrogen) atoms. The minimum Gasteiger partial charge on any atom is -0.497 e. The average molecular weight is 275 g/mol. The molecule has 0 aliphatic rings. The number of fused-ring (bicyclic) bond motifs is 1. The van der Waals surface area contributed by atoms with Gasteiger partial charge in [-0.2, -0.15) is 0 Å². The highest BCUT2D eigenvalue weighted by Gasteiger charge is 2.19. The molecule has 0 radical (unpaired) electrons. The van der Waals surface area contributed by atoms with Gasteiger partial charge in [0.05, 0.1) is 7.11 Å². The van der Waals surface area contributed by atoms with E-state index in [0.29, 0.717) is 5.69 Å². The lowest BCUT2D eigenvalue weighted by Gasteiger charge is -2.08. The molecule has 2 aromatic rings. The van der Waals surface area contributed by atoms with Gasteiger partial charge in [0.1, 0.15) is 11.4 Å². The van der Waals surface area contributed by atoms with Crippen molar-refractivity contribution in [3.63, 3.8) is 0 Å². The number of benzene rings is 1. The fourth-order valence-electron chi connectivity index (χ4n) is 2.66. The topological polar surface area (TPSA) is 51.5 Å². The summed E-state index contributed by atoms with van der Waals surface area (Å²) in [6.45, 7) is 4.75. The van der Waals surface area contributed by atoms with E-state index in [2.05, 4.69) is 6.92 Å². The maximum Gasteiger partial charge on any atom is 0.352 e. The minimum absolute atomic E-state index is 0.393. The third-order valence-corrected chi connectivity index (χ3v) is 3.71. The average Bonchev–Trinajstić information content (AvgIpc) is 2.72. The number of hydrogen-bond donors (Lipinski definition) is 1. The summed E-state index contributed by atoms with van der Waals surface area (Å²) >= 11 is 0. The number of carbonyl (C=O) groups is 1. The lowest BCUT2D eigenvalue weighted by Crippen LogP contribution is -2.09. The zero-order valence-electron chi connectivity index (χ0n) is 12.3. The largest absolute Gasteiger partial charge is 0.497 e. The molecule has 0 atom stereocenters. The third kappa shape index (κ3) is 2.50. The molecule has 4 nitrogen and oxygen atoms in total. The maximum atomic E-state index is 11.5. The number of nitrogens with zero attached hydrogens (tertiary/aromatic N) is 1. The minimum atomic E-state index is -0.867. The molecule has 0 unspecified atom stereocenters. The molecule has 1 N–H and O–H groups in total. The van der Waals surface area contributed by atoms with Crippen molar-refractivity contribution in [2.24, 2.45) is 0 Å². The quantitative estimate of drug-likeness (QED) is 0.815. The number of carboxylic acids is 1.